The van der Waals surface area contributed by atoms with Crippen molar-refractivity contribution < 1.29 is 21.7 Å². The Morgan fingerprint density at radius 3 is 2.45 bits per heavy atom. The fourth-order valence-electron chi connectivity index (χ4n) is 1.86. The van der Waals surface area contributed by atoms with Crippen LogP contribution in [0, 0.1) is 5.82 Å². The topological polar surface area (TPSA) is 52.6 Å². The molecule has 0 aliphatic rings. The van der Waals surface area contributed by atoms with E-state index in [1.54, 1.807) is 12.1 Å². The molecule has 0 aromatic heterocycles. The van der Waals surface area contributed by atoms with Crippen LogP contribution in [0.15, 0.2) is 53.4 Å². The van der Waals surface area contributed by atoms with Crippen molar-refractivity contribution in [1.29, 1.82) is 0 Å². The van der Waals surface area contributed by atoms with E-state index in [1.165, 1.54) is 25.3 Å². The van der Waals surface area contributed by atoms with E-state index in [4.69, 9.17) is 8.92 Å². The number of rotatable bonds is 5. The molecule has 0 amide bonds. The van der Waals surface area contributed by atoms with Gasteiger partial charge in [0, 0.05) is 0 Å². The van der Waals surface area contributed by atoms with E-state index in [2.05, 4.69) is 0 Å². The molecule has 22 heavy (non-hydrogen) atoms. The Kier molecular flexibility index (Phi) is 4.82. The van der Waals surface area contributed by atoms with Crippen molar-refractivity contribution in [2.24, 2.45) is 0 Å². The molecule has 6 heteroatoms. The maximum atomic E-state index is 13.6. The van der Waals surface area contributed by atoms with E-state index in [9.17, 15) is 12.8 Å². The van der Waals surface area contributed by atoms with Crippen LogP contribution in [0.25, 0.3) is 6.08 Å². The maximum absolute atomic E-state index is 13.6. The van der Waals surface area contributed by atoms with Crippen LogP contribution in [0.2, 0.25) is 0 Å². The lowest BCUT2D eigenvalue weighted by atomic mass is 10.2. The zero-order valence-corrected chi connectivity index (χ0v) is 12.9. The number of benzene rings is 2. The van der Waals surface area contributed by atoms with Gasteiger partial charge in [0.15, 0.2) is 11.5 Å². The Bertz CT molecular complexity index is 798. The van der Waals surface area contributed by atoms with Gasteiger partial charge in [0.1, 0.15) is 10.7 Å². The van der Waals surface area contributed by atoms with Gasteiger partial charge in [-0.2, -0.15) is 8.42 Å². The van der Waals surface area contributed by atoms with E-state index < -0.39 is 20.8 Å². The Morgan fingerprint density at radius 1 is 1.09 bits per heavy atom. The third kappa shape index (κ3) is 3.46. The monoisotopic (exact) mass is 322 g/mol. The minimum absolute atomic E-state index is 0.000920. The van der Waals surface area contributed by atoms with Crippen molar-refractivity contribution in [2.45, 2.75) is 11.8 Å². The Balaban J connectivity index is 2.40. The van der Waals surface area contributed by atoms with Crippen molar-refractivity contribution in [3.05, 3.63) is 59.9 Å². The van der Waals surface area contributed by atoms with Crippen LogP contribution in [0.3, 0.4) is 0 Å². The van der Waals surface area contributed by atoms with Crippen molar-refractivity contribution >= 4 is 16.2 Å². The lowest BCUT2D eigenvalue weighted by Crippen LogP contribution is -2.12. The summed E-state index contributed by atoms with van der Waals surface area (Å²) in [5.74, 6) is -0.624. The zero-order chi connectivity index (χ0) is 16.2. The number of ether oxygens (including phenoxy) is 1. The fraction of sp³-hybridized carbons (Fsp3) is 0.125. The Labute approximate surface area is 128 Å². The molecule has 0 heterocycles. The average molecular weight is 322 g/mol. The summed E-state index contributed by atoms with van der Waals surface area (Å²) < 4.78 is 48.1. The number of hydrogen-bond donors (Lipinski definition) is 0. The van der Waals surface area contributed by atoms with Crippen LogP contribution in [0.1, 0.15) is 12.5 Å². The highest BCUT2D eigenvalue weighted by molar-refractivity contribution is 7.87. The summed E-state index contributed by atoms with van der Waals surface area (Å²) in [5, 5.41) is 0. The van der Waals surface area contributed by atoms with Crippen molar-refractivity contribution in [1.82, 2.24) is 0 Å². The molecule has 2 aromatic carbocycles. The first-order valence-electron chi connectivity index (χ1n) is 6.47. The second kappa shape index (κ2) is 6.62. The van der Waals surface area contributed by atoms with Gasteiger partial charge in [-0.05, 0) is 36.8 Å². The average Bonchev–Trinajstić information content (AvgIpc) is 2.49. The SMILES string of the molecule is C/C=C/c1ccc(OS(=O)(=O)c2ccccc2F)c(OC)c1. The number of allylic oxidation sites excluding steroid dienone is 1. The summed E-state index contributed by atoms with van der Waals surface area (Å²) in [6.45, 7) is 1.86. The molecule has 0 radical (unpaired) electrons. The van der Waals surface area contributed by atoms with Crippen molar-refractivity contribution in [3.63, 3.8) is 0 Å². The number of hydrogen-bond acceptors (Lipinski definition) is 4. The molecular formula is C16H15FO4S. The standard InChI is InChI=1S/C16H15FO4S/c1-3-6-12-9-10-14(15(11-12)20-2)21-22(18,19)16-8-5-4-7-13(16)17/h3-11H,1-2H3/b6-3+. The summed E-state index contributed by atoms with van der Waals surface area (Å²) >= 11 is 0. The molecular weight excluding hydrogens is 307 g/mol. The molecule has 0 atom stereocenters. The molecule has 0 aliphatic carbocycles. The minimum Gasteiger partial charge on any atom is -0.493 e. The van der Waals surface area contributed by atoms with E-state index in [-0.39, 0.29) is 11.5 Å². The second-order valence-corrected chi connectivity index (χ2v) is 5.89. The van der Waals surface area contributed by atoms with Crippen LogP contribution < -0.4 is 8.92 Å². The molecule has 2 aromatic rings. The van der Waals surface area contributed by atoms with Gasteiger partial charge in [-0.15, -0.1) is 0 Å². The third-order valence-electron chi connectivity index (χ3n) is 2.85. The predicted molar refractivity (Wildman–Crippen MR) is 81.9 cm³/mol. The first-order valence-corrected chi connectivity index (χ1v) is 7.88. The van der Waals surface area contributed by atoms with Crippen LogP contribution in [-0.2, 0) is 10.1 Å². The number of methoxy groups -OCH3 is 1. The van der Waals surface area contributed by atoms with Gasteiger partial charge in [0.25, 0.3) is 0 Å². The van der Waals surface area contributed by atoms with Crippen LogP contribution in [0.5, 0.6) is 11.5 Å². The van der Waals surface area contributed by atoms with Gasteiger partial charge in [0.2, 0.25) is 0 Å². The van der Waals surface area contributed by atoms with Crippen molar-refractivity contribution in [2.75, 3.05) is 7.11 Å². The lowest BCUT2D eigenvalue weighted by Gasteiger charge is -2.11. The molecule has 2 rings (SSSR count). The van der Waals surface area contributed by atoms with Gasteiger partial charge in [-0.3, -0.25) is 0 Å². The van der Waals surface area contributed by atoms with Gasteiger partial charge in [-0.25, -0.2) is 4.39 Å². The summed E-state index contributed by atoms with van der Waals surface area (Å²) in [6, 6.07) is 9.80. The molecule has 0 fully saturated rings. The van der Waals surface area contributed by atoms with Crippen LogP contribution >= 0.6 is 0 Å². The molecule has 0 bridgehead atoms. The Hall–Kier alpha value is -2.34. The molecule has 116 valence electrons. The molecule has 4 nitrogen and oxygen atoms in total. The molecule has 0 saturated heterocycles. The number of halogens is 1. The quantitative estimate of drug-likeness (QED) is 0.789. The first kappa shape index (κ1) is 16.0. The fourth-order valence-corrected chi connectivity index (χ4v) is 2.88. The third-order valence-corrected chi connectivity index (χ3v) is 4.12. The summed E-state index contributed by atoms with van der Waals surface area (Å²) in [5.41, 5.74) is 0.829. The summed E-state index contributed by atoms with van der Waals surface area (Å²) in [4.78, 5) is -0.519. The van der Waals surface area contributed by atoms with Crippen LogP contribution in [-0.4, -0.2) is 15.5 Å². The normalized spacial score (nSPS) is 11.6. The van der Waals surface area contributed by atoms with Gasteiger partial charge >= 0.3 is 10.1 Å². The lowest BCUT2D eigenvalue weighted by molar-refractivity contribution is 0.389. The van der Waals surface area contributed by atoms with Gasteiger partial charge in [0.05, 0.1) is 7.11 Å². The molecule has 0 unspecified atom stereocenters. The second-order valence-electron chi connectivity index (χ2n) is 4.38. The highest BCUT2D eigenvalue weighted by Crippen LogP contribution is 2.31. The van der Waals surface area contributed by atoms with E-state index >= 15 is 0 Å². The summed E-state index contributed by atoms with van der Waals surface area (Å²) in [6.07, 6.45) is 3.67. The molecule has 0 aliphatic heterocycles. The summed E-state index contributed by atoms with van der Waals surface area (Å²) in [7, 11) is -2.87. The van der Waals surface area contributed by atoms with E-state index in [0.717, 1.165) is 17.7 Å². The maximum Gasteiger partial charge on any atom is 0.342 e. The predicted octanol–water partition coefficient (Wildman–Crippen LogP) is 3.64. The van der Waals surface area contributed by atoms with Gasteiger partial charge < -0.3 is 8.92 Å². The van der Waals surface area contributed by atoms with E-state index in [0.29, 0.717) is 0 Å². The van der Waals surface area contributed by atoms with Crippen LogP contribution in [0.4, 0.5) is 4.39 Å². The largest absolute Gasteiger partial charge is 0.493 e. The smallest absolute Gasteiger partial charge is 0.342 e. The van der Waals surface area contributed by atoms with Gasteiger partial charge in [-0.1, -0.05) is 30.4 Å². The minimum atomic E-state index is -4.27. The first-order chi connectivity index (χ1) is 10.5. The molecule has 0 N–H and O–H groups in total. The van der Waals surface area contributed by atoms with E-state index in [1.807, 2.05) is 19.1 Å². The zero-order valence-electron chi connectivity index (χ0n) is 12.1. The molecule has 0 saturated carbocycles. The highest BCUT2D eigenvalue weighted by Gasteiger charge is 2.22. The van der Waals surface area contributed by atoms with Crippen molar-refractivity contribution in [3.8, 4) is 11.5 Å². The highest BCUT2D eigenvalue weighted by atomic mass is 32.2. The Morgan fingerprint density at radius 2 is 1.82 bits per heavy atom. The molecule has 0 spiro atoms.